The van der Waals surface area contributed by atoms with Crippen molar-refractivity contribution < 1.29 is 0 Å². The molecule has 0 radical (unpaired) electrons. The summed E-state index contributed by atoms with van der Waals surface area (Å²) in [6.07, 6.45) is 7.47. The van der Waals surface area contributed by atoms with Gasteiger partial charge in [-0.1, -0.05) is 36.4 Å². The van der Waals surface area contributed by atoms with Crippen LogP contribution in [0.15, 0.2) is 85.5 Å². The molecule has 1 N–H and O–H groups in total. The first-order valence-corrected chi connectivity index (χ1v) is 10.4. The molecule has 31 heavy (non-hydrogen) atoms. The lowest BCUT2D eigenvalue weighted by molar-refractivity contribution is 0.559. The average molecular weight is 409 g/mol. The van der Waals surface area contributed by atoms with E-state index in [1.54, 1.807) is 12.4 Å². The molecule has 154 valence electrons. The van der Waals surface area contributed by atoms with Gasteiger partial charge in [-0.15, -0.1) is 0 Å². The summed E-state index contributed by atoms with van der Waals surface area (Å²) in [4.78, 5) is 8.71. The Morgan fingerprint density at radius 2 is 1.74 bits per heavy atom. The number of nitrogens with zero attached hydrogens (tertiary/aromatic N) is 5. The van der Waals surface area contributed by atoms with Crippen LogP contribution in [0.25, 0.3) is 22.4 Å². The molecule has 3 heterocycles. The SMILES string of the molecule is Cc1c([C@H](C)NCc2cccn2-c2ncccn2)cnn1-c1cccc2ccccc12. The van der Waals surface area contributed by atoms with Gasteiger partial charge in [0.05, 0.1) is 11.9 Å². The van der Waals surface area contributed by atoms with Crippen molar-refractivity contribution in [2.24, 2.45) is 0 Å². The van der Waals surface area contributed by atoms with Crippen LogP contribution in [-0.2, 0) is 6.54 Å². The molecule has 0 aliphatic carbocycles. The summed E-state index contributed by atoms with van der Waals surface area (Å²) in [6.45, 7) is 5.00. The van der Waals surface area contributed by atoms with E-state index in [9.17, 15) is 0 Å². The molecule has 0 saturated heterocycles. The van der Waals surface area contributed by atoms with Gasteiger partial charge < -0.3 is 5.32 Å². The Labute approximate surface area is 181 Å². The van der Waals surface area contributed by atoms with E-state index >= 15 is 0 Å². The smallest absolute Gasteiger partial charge is 0.233 e. The van der Waals surface area contributed by atoms with Gasteiger partial charge in [0.1, 0.15) is 0 Å². The lowest BCUT2D eigenvalue weighted by Gasteiger charge is -2.15. The molecule has 0 bridgehead atoms. The van der Waals surface area contributed by atoms with Crippen molar-refractivity contribution in [1.82, 2.24) is 29.6 Å². The highest BCUT2D eigenvalue weighted by atomic mass is 15.3. The molecule has 0 spiro atoms. The second kappa shape index (κ2) is 8.16. The minimum atomic E-state index is 0.142. The molecule has 0 unspecified atom stereocenters. The number of hydrogen-bond acceptors (Lipinski definition) is 4. The van der Waals surface area contributed by atoms with Crippen LogP contribution in [0.4, 0.5) is 0 Å². The van der Waals surface area contributed by atoms with Gasteiger partial charge in [0, 0.05) is 53.5 Å². The highest BCUT2D eigenvalue weighted by Gasteiger charge is 2.16. The zero-order chi connectivity index (χ0) is 21.2. The monoisotopic (exact) mass is 408 g/mol. The van der Waals surface area contributed by atoms with Gasteiger partial charge in [-0.25, -0.2) is 14.6 Å². The summed E-state index contributed by atoms with van der Waals surface area (Å²) in [5.41, 5.74) is 4.53. The first-order valence-electron chi connectivity index (χ1n) is 10.4. The van der Waals surface area contributed by atoms with E-state index in [4.69, 9.17) is 5.10 Å². The van der Waals surface area contributed by atoms with Crippen molar-refractivity contribution in [1.29, 1.82) is 0 Å². The van der Waals surface area contributed by atoms with Crippen LogP contribution in [0.1, 0.15) is 29.9 Å². The van der Waals surface area contributed by atoms with E-state index < -0.39 is 0 Å². The van der Waals surface area contributed by atoms with E-state index in [1.807, 2.05) is 33.8 Å². The fourth-order valence-electron chi connectivity index (χ4n) is 4.02. The van der Waals surface area contributed by atoms with E-state index in [0.29, 0.717) is 12.5 Å². The highest BCUT2D eigenvalue weighted by molar-refractivity contribution is 5.90. The van der Waals surface area contributed by atoms with Gasteiger partial charge in [0.2, 0.25) is 5.95 Å². The molecule has 6 heteroatoms. The summed E-state index contributed by atoms with van der Waals surface area (Å²) in [7, 11) is 0. The number of aromatic nitrogens is 5. The predicted molar refractivity (Wildman–Crippen MR) is 122 cm³/mol. The predicted octanol–water partition coefficient (Wildman–Crippen LogP) is 4.77. The largest absolute Gasteiger partial charge is 0.305 e. The molecule has 1 atom stereocenters. The molecule has 6 nitrogen and oxygen atoms in total. The fraction of sp³-hybridized carbons (Fsp3) is 0.160. The van der Waals surface area contributed by atoms with Crippen LogP contribution < -0.4 is 5.32 Å². The van der Waals surface area contributed by atoms with Gasteiger partial charge in [-0.2, -0.15) is 5.10 Å². The second-order valence-electron chi connectivity index (χ2n) is 7.62. The number of hydrogen-bond donors (Lipinski definition) is 1. The number of rotatable bonds is 6. The van der Waals surface area contributed by atoms with E-state index in [2.05, 4.69) is 77.7 Å². The summed E-state index contributed by atoms with van der Waals surface area (Å²) in [5.74, 6) is 0.678. The molecule has 0 saturated carbocycles. The maximum Gasteiger partial charge on any atom is 0.233 e. The number of nitrogens with one attached hydrogen (secondary N) is 1. The summed E-state index contributed by atoms with van der Waals surface area (Å²) >= 11 is 0. The Balaban J connectivity index is 1.38. The third-order valence-corrected chi connectivity index (χ3v) is 5.70. The maximum absolute atomic E-state index is 4.72. The van der Waals surface area contributed by atoms with Crippen molar-refractivity contribution in [2.45, 2.75) is 26.4 Å². The lowest BCUT2D eigenvalue weighted by Crippen LogP contribution is -2.20. The molecule has 2 aromatic carbocycles. The quantitative estimate of drug-likeness (QED) is 0.440. The van der Waals surface area contributed by atoms with Crippen LogP contribution in [0.5, 0.6) is 0 Å². The average Bonchev–Trinajstić information content (AvgIpc) is 3.44. The van der Waals surface area contributed by atoms with Crippen molar-refractivity contribution in [3.05, 3.63) is 102 Å². The van der Waals surface area contributed by atoms with Crippen LogP contribution in [0, 0.1) is 6.92 Å². The molecule has 0 aliphatic heterocycles. The Morgan fingerprint density at radius 1 is 0.935 bits per heavy atom. The fourth-order valence-corrected chi connectivity index (χ4v) is 4.02. The molecular formula is C25H24N6. The molecule has 5 rings (SSSR count). The molecule has 0 aliphatic rings. The van der Waals surface area contributed by atoms with Crippen molar-refractivity contribution in [2.75, 3.05) is 0 Å². The van der Waals surface area contributed by atoms with E-state index in [0.717, 1.165) is 17.1 Å². The Kier molecular flexibility index (Phi) is 5.06. The minimum absolute atomic E-state index is 0.142. The second-order valence-corrected chi connectivity index (χ2v) is 7.62. The first kappa shape index (κ1) is 19.2. The van der Waals surface area contributed by atoms with Crippen molar-refractivity contribution in [3.63, 3.8) is 0 Å². The van der Waals surface area contributed by atoms with Crippen LogP contribution >= 0.6 is 0 Å². The molecule has 0 amide bonds. The lowest BCUT2D eigenvalue weighted by atomic mass is 10.1. The van der Waals surface area contributed by atoms with Crippen molar-refractivity contribution in [3.8, 4) is 11.6 Å². The topological polar surface area (TPSA) is 60.6 Å². The molecular weight excluding hydrogens is 384 g/mol. The van der Waals surface area contributed by atoms with Gasteiger partial charge in [0.15, 0.2) is 0 Å². The normalized spacial score (nSPS) is 12.3. The van der Waals surface area contributed by atoms with Gasteiger partial charge in [-0.05, 0) is 43.5 Å². The number of fused-ring (bicyclic) bond motifs is 1. The van der Waals surface area contributed by atoms with E-state index in [1.165, 1.54) is 16.3 Å². The zero-order valence-electron chi connectivity index (χ0n) is 17.6. The molecule has 5 aromatic rings. The third kappa shape index (κ3) is 3.62. The third-order valence-electron chi connectivity index (χ3n) is 5.70. The Morgan fingerprint density at radius 3 is 2.61 bits per heavy atom. The van der Waals surface area contributed by atoms with Crippen LogP contribution in [-0.4, -0.2) is 24.3 Å². The summed E-state index contributed by atoms with van der Waals surface area (Å²) in [5, 5.41) is 10.8. The summed E-state index contributed by atoms with van der Waals surface area (Å²) in [6, 6.07) is 20.8. The van der Waals surface area contributed by atoms with Crippen LogP contribution in [0.2, 0.25) is 0 Å². The van der Waals surface area contributed by atoms with E-state index in [-0.39, 0.29) is 6.04 Å². The standard InChI is InChI=1S/C25H24N6/c1-18(28-16-21-10-6-15-30(21)25-26-13-7-14-27-25)23-17-29-31(19(23)2)24-12-5-9-20-8-3-4-11-22(20)24/h3-15,17-18,28H,16H2,1-2H3/t18-/m0/s1. The van der Waals surface area contributed by atoms with Crippen LogP contribution in [0.3, 0.4) is 0 Å². The van der Waals surface area contributed by atoms with Gasteiger partial charge in [-0.3, -0.25) is 4.57 Å². The Hall–Kier alpha value is -3.77. The molecule has 0 fully saturated rings. The number of benzene rings is 2. The minimum Gasteiger partial charge on any atom is -0.305 e. The summed E-state index contributed by atoms with van der Waals surface area (Å²) < 4.78 is 4.04. The zero-order valence-corrected chi connectivity index (χ0v) is 17.6. The van der Waals surface area contributed by atoms with Crippen molar-refractivity contribution >= 4 is 10.8 Å². The maximum atomic E-state index is 4.72. The highest BCUT2D eigenvalue weighted by Crippen LogP contribution is 2.26. The van der Waals surface area contributed by atoms with Gasteiger partial charge in [0.25, 0.3) is 0 Å². The first-order chi connectivity index (χ1) is 15.2. The Bertz CT molecular complexity index is 1310. The van der Waals surface area contributed by atoms with Gasteiger partial charge >= 0.3 is 0 Å². The molecule has 3 aromatic heterocycles.